The standard InChI is InChI=1S/C15H25NOS/c1-12(2)16-10-14-8-9-15(18-14)11-17-13-6-4-3-5-7-13/h8-9,12-13,16H,3-7,10-11H2,1-2H3. The van der Waals surface area contributed by atoms with Crippen LogP contribution in [0, 0.1) is 0 Å². The molecule has 0 unspecified atom stereocenters. The summed E-state index contributed by atoms with van der Waals surface area (Å²) in [6, 6.07) is 4.98. The van der Waals surface area contributed by atoms with Gasteiger partial charge in [0.1, 0.15) is 0 Å². The first-order valence-electron chi connectivity index (χ1n) is 7.16. The first-order valence-corrected chi connectivity index (χ1v) is 7.98. The maximum atomic E-state index is 6.00. The van der Waals surface area contributed by atoms with Gasteiger partial charge in [0, 0.05) is 22.3 Å². The van der Waals surface area contributed by atoms with Gasteiger partial charge in [0.25, 0.3) is 0 Å². The lowest BCUT2D eigenvalue weighted by Gasteiger charge is -2.21. The molecule has 0 amide bonds. The Labute approximate surface area is 115 Å². The average Bonchev–Trinajstić information content (AvgIpc) is 2.83. The van der Waals surface area contributed by atoms with Crippen molar-refractivity contribution in [1.29, 1.82) is 0 Å². The van der Waals surface area contributed by atoms with Crippen molar-refractivity contribution < 1.29 is 4.74 Å². The molecule has 1 aliphatic carbocycles. The van der Waals surface area contributed by atoms with Crippen molar-refractivity contribution in [3.05, 3.63) is 21.9 Å². The smallest absolute Gasteiger partial charge is 0.0813 e. The van der Waals surface area contributed by atoms with E-state index in [2.05, 4.69) is 31.3 Å². The van der Waals surface area contributed by atoms with Crippen LogP contribution < -0.4 is 5.32 Å². The molecule has 3 heteroatoms. The molecule has 1 aromatic rings. The van der Waals surface area contributed by atoms with E-state index in [1.807, 2.05) is 11.3 Å². The molecule has 2 rings (SSSR count). The van der Waals surface area contributed by atoms with Crippen LogP contribution in [0.1, 0.15) is 55.7 Å². The predicted molar refractivity (Wildman–Crippen MR) is 78.0 cm³/mol. The molecule has 0 radical (unpaired) electrons. The van der Waals surface area contributed by atoms with E-state index in [0.29, 0.717) is 12.1 Å². The molecule has 1 N–H and O–H groups in total. The third kappa shape index (κ3) is 4.71. The van der Waals surface area contributed by atoms with E-state index in [0.717, 1.165) is 13.2 Å². The van der Waals surface area contributed by atoms with Gasteiger partial charge in [-0.3, -0.25) is 0 Å². The molecule has 1 aromatic heterocycles. The maximum absolute atomic E-state index is 6.00. The summed E-state index contributed by atoms with van der Waals surface area (Å²) >= 11 is 1.88. The van der Waals surface area contributed by atoms with Crippen LogP contribution in [0.25, 0.3) is 0 Å². The zero-order valence-electron chi connectivity index (χ0n) is 11.6. The summed E-state index contributed by atoms with van der Waals surface area (Å²) in [5.41, 5.74) is 0. The number of hydrogen-bond acceptors (Lipinski definition) is 3. The molecule has 1 fully saturated rings. The van der Waals surface area contributed by atoms with E-state index in [4.69, 9.17) is 4.74 Å². The number of nitrogens with one attached hydrogen (secondary N) is 1. The van der Waals surface area contributed by atoms with Crippen LogP contribution in [-0.4, -0.2) is 12.1 Å². The minimum atomic E-state index is 0.512. The quantitative estimate of drug-likeness (QED) is 0.838. The fourth-order valence-corrected chi connectivity index (χ4v) is 3.22. The van der Waals surface area contributed by atoms with Crippen molar-refractivity contribution in [1.82, 2.24) is 5.32 Å². The molecule has 1 heterocycles. The van der Waals surface area contributed by atoms with Crippen molar-refractivity contribution in [2.75, 3.05) is 0 Å². The van der Waals surface area contributed by atoms with Crippen molar-refractivity contribution in [2.24, 2.45) is 0 Å². The van der Waals surface area contributed by atoms with Crippen LogP contribution >= 0.6 is 11.3 Å². The van der Waals surface area contributed by atoms with Crippen LogP contribution in [-0.2, 0) is 17.9 Å². The van der Waals surface area contributed by atoms with Gasteiger partial charge in [0.2, 0.25) is 0 Å². The lowest BCUT2D eigenvalue weighted by molar-refractivity contribution is 0.0182. The zero-order chi connectivity index (χ0) is 12.8. The molecule has 0 saturated heterocycles. The number of thiophene rings is 1. The average molecular weight is 267 g/mol. The molecular weight excluding hydrogens is 242 g/mol. The summed E-state index contributed by atoms with van der Waals surface area (Å²) in [6.07, 6.45) is 7.11. The van der Waals surface area contributed by atoms with Gasteiger partial charge >= 0.3 is 0 Å². The van der Waals surface area contributed by atoms with Gasteiger partial charge in [-0.2, -0.15) is 0 Å². The van der Waals surface area contributed by atoms with Crippen molar-refractivity contribution in [2.45, 2.75) is 71.2 Å². The molecule has 0 aliphatic heterocycles. The Hall–Kier alpha value is -0.380. The second-order valence-corrected chi connectivity index (χ2v) is 6.73. The van der Waals surface area contributed by atoms with E-state index >= 15 is 0 Å². The van der Waals surface area contributed by atoms with E-state index < -0.39 is 0 Å². The molecule has 0 aromatic carbocycles. The fraction of sp³-hybridized carbons (Fsp3) is 0.733. The minimum Gasteiger partial charge on any atom is -0.373 e. The Morgan fingerprint density at radius 3 is 2.67 bits per heavy atom. The highest BCUT2D eigenvalue weighted by Gasteiger charge is 2.14. The maximum Gasteiger partial charge on any atom is 0.0813 e. The van der Waals surface area contributed by atoms with Crippen LogP contribution in [0.5, 0.6) is 0 Å². The van der Waals surface area contributed by atoms with Crippen LogP contribution in [0.4, 0.5) is 0 Å². The summed E-state index contributed by atoms with van der Waals surface area (Å²) in [4.78, 5) is 2.77. The summed E-state index contributed by atoms with van der Waals surface area (Å²) < 4.78 is 6.00. The van der Waals surface area contributed by atoms with E-state index in [1.54, 1.807) is 0 Å². The summed E-state index contributed by atoms with van der Waals surface area (Å²) in [6.45, 7) is 6.14. The highest BCUT2D eigenvalue weighted by atomic mass is 32.1. The normalized spacial score (nSPS) is 17.5. The van der Waals surface area contributed by atoms with Crippen molar-refractivity contribution in [3.8, 4) is 0 Å². The Bertz CT molecular complexity index is 342. The molecule has 1 aliphatic rings. The zero-order valence-corrected chi connectivity index (χ0v) is 12.4. The highest BCUT2D eigenvalue weighted by Crippen LogP contribution is 2.23. The Morgan fingerprint density at radius 1 is 1.22 bits per heavy atom. The molecule has 1 saturated carbocycles. The van der Waals surface area contributed by atoms with Crippen LogP contribution in [0.2, 0.25) is 0 Å². The predicted octanol–water partition coefficient (Wildman–Crippen LogP) is 4.10. The first kappa shape index (κ1) is 14.0. The first-order chi connectivity index (χ1) is 8.74. The molecule has 0 atom stereocenters. The Balaban J connectivity index is 1.72. The molecular formula is C15H25NOS. The van der Waals surface area contributed by atoms with Gasteiger partial charge in [-0.15, -0.1) is 11.3 Å². The number of hydrogen-bond donors (Lipinski definition) is 1. The minimum absolute atomic E-state index is 0.512. The molecule has 2 nitrogen and oxygen atoms in total. The summed E-state index contributed by atoms with van der Waals surface area (Å²) in [5, 5.41) is 3.45. The Morgan fingerprint density at radius 2 is 1.94 bits per heavy atom. The Kier molecular flexibility index (Phi) is 5.67. The molecule has 0 bridgehead atoms. The number of ether oxygens (including phenoxy) is 1. The lowest BCUT2D eigenvalue weighted by Crippen LogP contribution is -2.21. The van der Waals surface area contributed by atoms with E-state index in [-0.39, 0.29) is 0 Å². The van der Waals surface area contributed by atoms with E-state index in [9.17, 15) is 0 Å². The van der Waals surface area contributed by atoms with E-state index in [1.165, 1.54) is 41.9 Å². The van der Waals surface area contributed by atoms with Gasteiger partial charge in [0.15, 0.2) is 0 Å². The molecule has 0 spiro atoms. The SMILES string of the molecule is CC(C)NCc1ccc(COC2CCCCC2)s1. The van der Waals surface area contributed by atoms with Crippen LogP contribution in [0.15, 0.2) is 12.1 Å². The second kappa shape index (κ2) is 7.27. The van der Waals surface area contributed by atoms with Gasteiger partial charge < -0.3 is 10.1 Å². The van der Waals surface area contributed by atoms with Gasteiger partial charge in [-0.05, 0) is 25.0 Å². The topological polar surface area (TPSA) is 21.3 Å². The van der Waals surface area contributed by atoms with Crippen molar-refractivity contribution in [3.63, 3.8) is 0 Å². The van der Waals surface area contributed by atoms with Gasteiger partial charge in [0.05, 0.1) is 12.7 Å². The molecule has 18 heavy (non-hydrogen) atoms. The summed E-state index contributed by atoms with van der Waals surface area (Å²) in [5.74, 6) is 0. The molecule has 102 valence electrons. The van der Waals surface area contributed by atoms with Gasteiger partial charge in [-0.1, -0.05) is 33.1 Å². The summed E-state index contributed by atoms with van der Waals surface area (Å²) in [7, 11) is 0. The highest BCUT2D eigenvalue weighted by molar-refractivity contribution is 7.11. The number of rotatable bonds is 6. The third-order valence-electron chi connectivity index (χ3n) is 3.42. The van der Waals surface area contributed by atoms with Crippen molar-refractivity contribution >= 4 is 11.3 Å². The third-order valence-corrected chi connectivity index (χ3v) is 4.47. The lowest BCUT2D eigenvalue weighted by atomic mass is 9.98. The monoisotopic (exact) mass is 267 g/mol. The second-order valence-electron chi connectivity index (χ2n) is 5.47. The fourth-order valence-electron chi connectivity index (χ4n) is 2.33. The largest absolute Gasteiger partial charge is 0.373 e. The van der Waals surface area contributed by atoms with Crippen LogP contribution in [0.3, 0.4) is 0 Å². The van der Waals surface area contributed by atoms with Gasteiger partial charge in [-0.25, -0.2) is 0 Å².